The molecular formula is C16H21N3O. The molecule has 0 bridgehead atoms. The van der Waals surface area contributed by atoms with E-state index in [1.165, 1.54) is 29.7 Å². The number of anilines is 1. The number of hydrogen-bond donors (Lipinski definition) is 1. The molecule has 1 aliphatic rings. The highest BCUT2D eigenvalue weighted by Crippen LogP contribution is 2.38. The molecule has 0 aliphatic heterocycles. The van der Waals surface area contributed by atoms with Crippen molar-refractivity contribution in [3.8, 4) is 0 Å². The van der Waals surface area contributed by atoms with E-state index in [4.69, 9.17) is 4.52 Å². The first-order valence-electron chi connectivity index (χ1n) is 7.31. The number of nitrogens with one attached hydrogen (secondary N) is 1. The molecule has 0 amide bonds. The molecule has 1 heterocycles. The van der Waals surface area contributed by atoms with E-state index in [2.05, 4.69) is 54.4 Å². The van der Waals surface area contributed by atoms with Crippen LogP contribution in [0.4, 0.5) is 5.69 Å². The maximum absolute atomic E-state index is 5.30. The van der Waals surface area contributed by atoms with E-state index in [0.717, 1.165) is 5.82 Å². The van der Waals surface area contributed by atoms with Gasteiger partial charge in [-0.1, -0.05) is 37.2 Å². The average Bonchev–Trinajstić information content (AvgIpc) is 3.16. The summed E-state index contributed by atoms with van der Waals surface area (Å²) < 4.78 is 5.30. The Morgan fingerprint density at radius 2 is 2.15 bits per heavy atom. The zero-order valence-electron chi connectivity index (χ0n) is 12.3. The summed E-state index contributed by atoms with van der Waals surface area (Å²) in [7, 11) is 0. The molecule has 3 rings (SSSR count). The fourth-order valence-corrected chi connectivity index (χ4v) is 2.42. The van der Waals surface area contributed by atoms with E-state index >= 15 is 0 Å². The molecule has 1 aromatic carbocycles. The number of nitrogens with zero attached hydrogens (tertiary/aromatic N) is 2. The molecule has 0 spiro atoms. The summed E-state index contributed by atoms with van der Waals surface area (Å²) in [5, 5.41) is 7.50. The van der Waals surface area contributed by atoms with Crippen LogP contribution in [-0.4, -0.2) is 10.1 Å². The predicted molar refractivity (Wildman–Crippen MR) is 78.9 cm³/mol. The van der Waals surface area contributed by atoms with Crippen LogP contribution in [0.25, 0.3) is 0 Å². The number of rotatable bonds is 5. The van der Waals surface area contributed by atoms with Gasteiger partial charge in [0.05, 0.1) is 6.54 Å². The van der Waals surface area contributed by atoms with Crippen LogP contribution in [0.2, 0.25) is 0 Å². The van der Waals surface area contributed by atoms with Gasteiger partial charge < -0.3 is 9.84 Å². The van der Waals surface area contributed by atoms with Gasteiger partial charge in [-0.3, -0.25) is 0 Å². The zero-order chi connectivity index (χ0) is 14.1. The Balaban J connectivity index is 1.73. The summed E-state index contributed by atoms with van der Waals surface area (Å²) >= 11 is 0. The minimum atomic E-state index is 0.488. The lowest BCUT2D eigenvalue weighted by Crippen LogP contribution is -2.05. The Morgan fingerprint density at radius 1 is 1.35 bits per heavy atom. The quantitative estimate of drug-likeness (QED) is 0.893. The number of aryl methyl sites for hydroxylation is 1. The van der Waals surface area contributed by atoms with Crippen molar-refractivity contribution < 1.29 is 4.52 Å². The highest BCUT2D eigenvalue weighted by Gasteiger charge is 2.28. The maximum Gasteiger partial charge on any atom is 0.245 e. The third-order valence-electron chi connectivity index (χ3n) is 3.77. The molecule has 4 nitrogen and oxygen atoms in total. The standard InChI is InChI=1S/C16H21N3O/c1-10(2)13-6-4-5-11(3)15(13)17-9-14-18-16(19-20-14)12-7-8-12/h4-6,10,12,17H,7-9H2,1-3H3. The summed E-state index contributed by atoms with van der Waals surface area (Å²) in [6, 6.07) is 6.40. The highest BCUT2D eigenvalue weighted by molar-refractivity contribution is 5.58. The van der Waals surface area contributed by atoms with Crippen molar-refractivity contribution in [2.45, 2.75) is 52.0 Å². The van der Waals surface area contributed by atoms with Crippen molar-refractivity contribution in [3.05, 3.63) is 41.0 Å². The van der Waals surface area contributed by atoms with Crippen LogP contribution in [0.1, 0.15) is 61.4 Å². The molecule has 1 N–H and O–H groups in total. The number of hydrogen-bond acceptors (Lipinski definition) is 4. The van der Waals surface area contributed by atoms with Gasteiger partial charge in [0.1, 0.15) is 0 Å². The monoisotopic (exact) mass is 271 g/mol. The molecule has 1 fully saturated rings. The first-order valence-corrected chi connectivity index (χ1v) is 7.31. The Hall–Kier alpha value is -1.84. The van der Waals surface area contributed by atoms with Gasteiger partial charge in [-0.05, 0) is 36.8 Å². The highest BCUT2D eigenvalue weighted by atomic mass is 16.5. The van der Waals surface area contributed by atoms with Crippen LogP contribution < -0.4 is 5.32 Å². The van der Waals surface area contributed by atoms with Crippen LogP contribution >= 0.6 is 0 Å². The van der Waals surface area contributed by atoms with Gasteiger partial charge in [0, 0.05) is 11.6 Å². The van der Waals surface area contributed by atoms with Crippen molar-refractivity contribution >= 4 is 5.69 Å². The Labute approximate surface area is 119 Å². The van der Waals surface area contributed by atoms with E-state index in [1.54, 1.807) is 0 Å². The SMILES string of the molecule is Cc1cccc(C(C)C)c1NCc1nc(C2CC2)no1. The van der Waals surface area contributed by atoms with E-state index in [-0.39, 0.29) is 0 Å². The smallest absolute Gasteiger partial charge is 0.245 e. The van der Waals surface area contributed by atoms with Crippen LogP contribution in [0.5, 0.6) is 0 Å². The predicted octanol–water partition coefficient (Wildman–Crippen LogP) is 3.99. The van der Waals surface area contributed by atoms with Crippen molar-refractivity contribution in [1.82, 2.24) is 10.1 Å². The second-order valence-corrected chi connectivity index (χ2v) is 5.87. The number of para-hydroxylation sites is 1. The van der Waals surface area contributed by atoms with Crippen LogP contribution in [0, 0.1) is 6.92 Å². The molecule has 2 aromatic rings. The molecule has 0 saturated heterocycles. The largest absolute Gasteiger partial charge is 0.376 e. The Kier molecular flexibility index (Phi) is 3.47. The molecule has 0 atom stereocenters. The van der Waals surface area contributed by atoms with E-state index < -0.39 is 0 Å². The second-order valence-electron chi connectivity index (χ2n) is 5.87. The normalized spacial score (nSPS) is 14.8. The van der Waals surface area contributed by atoms with Gasteiger partial charge in [-0.25, -0.2) is 0 Å². The minimum absolute atomic E-state index is 0.488. The molecule has 20 heavy (non-hydrogen) atoms. The number of benzene rings is 1. The lowest BCUT2D eigenvalue weighted by atomic mass is 9.98. The summed E-state index contributed by atoms with van der Waals surface area (Å²) in [5.41, 5.74) is 3.76. The maximum atomic E-state index is 5.30. The van der Waals surface area contributed by atoms with Gasteiger partial charge in [-0.15, -0.1) is 0 Å². The minimum Gasteiger partial charge on any atom is -0.376 e. The molecular weight excluding hydrogens is 250 g/mol. The molecule has 0 unspecified atom stereocenters. The molecule has 4 heteroatoms. The Bertz CT molecular complexity index is 600. The van der Waals surface area contributed by atoms with Crippen LogP contribution in [0.3, 0.4) is 0 Å². The number of aromatic nitrogens is 2. The van der Waals surface area contributed by atoms with Gasteiger partial charge in [0.15, 0.2) is 5.82 Å². The van der Waals surface area contributed by atoms with E-state index in [0.29, 0.717) is 24.3 Å². The lowest BCUT2D eigenvalue weighted by Gasteiger charge is -2.16. The third-order valence-corrected chi connectivity index (χ3v) is 3.77. The van der Waals surface area contributed by atoms with Gasteiger partial charge in [0.2, 0.25) is 5.89 Å². The molecule has 0 radical (unpaired) electrons. The molecule has 106 valence electrons. The first-order chi connectivity index (χ1) is 9.65. The lowest BCUT2D eigenvalue weighted by molar-refractivity contribution is 0.378. The molecule has 1 saturated carbocycles. The fourth-order valence-electron chi connectivity index (χ4n) is 2.42. The molecule has 1 aromatic heterocycles. The van der Waals surface area contributed by atoms with Gasteiger partial charge >= 0.3 is 0 Å². The zero-order valence-corrected chi connectivity index (χ0v) is 12.3. The van der Waals surface area contributed by atoms with E-state index in [1.807, 2.05) is 0 Å². The van der Waals surface area contributed by atoms with E-state index in [9.17, 15) is 0 Å². The van der Waals surface area contributed by atoms with Crippen LogP contribution in [0.15, 0.2) is 22.7 Å². The van der Waals surface area contributed by atoms with Crippen molar-refractivity contribution in [3.63, 3.8) is 0 Å². The Morgan fingerprint density at radius 3 is 2.85 bits per heavy atom. The van der Waals surface area contributed by atoms with Crippen molar-refractivity contribution in [2.75, 3.05) is 5.32 Å². The summed E-state index contributed by atoms with van der Waals surface area (Å²) in [4.78, 5) is 4.45. The summed E-state index contributed by atoms with van der Waals surface area (Å²) in [6.07, 6.45) is 2.39. The topological polar surface area (TPSA) is 51.0 Å². The second kappa shape index (κ2) is 5.27. The molecule has 1 aliphatic carbocycles. The van der Waals surface area contributed by atoms with Crippen molar-refractivity contribution in [2.24, 2.45) is 0 Å². The van der Waals surface area contributed by atoms with Crippen molar-refractivity contribution in [1.29, 1.82) is 0 Å². The average molecular weight is 271 g/mol. The fraction of sp³-hybridized carbons (Fsp3) is 0.500. The summed E-state index contributed by atoms with van der Waals surface area (Å²) in [6.45, 7) is 7.12. The van der Waals surface area contributed by atoms with Crippen LogP contribution in [-0.2, 0) is 6.54 Å². The first kappa shape index (κ1) is 13.2. The van der Waals surface area contributed by atoms with Gasteiger partial charge in [0.25, 0.3) is 0 Å². The third kappa shape index (κ3) is 2.69. The van der Waals surface area contributed by atoms with Gasteiger partial charge in [-0.2, -0.15) is 4.98 Å². The summed E-state index contributed by atoms with van der Waals surface area (Å²) in [5.74, 6) is 2.57.